The normalized spacial score (nSPS) is 23.0. The summed E-state index contributed by atoms with van der Waals surface area (Å²) in [5, 5.41) is 12.4. The number of hydrogen-bond acceptors (Lipinski definition) is 7. The number of hydrogen-bond donors (Lipinski definition) is 1. The molecule has 1 amide bonds. The lowest BCUT2D eigenvalue weighted by molar-refractivity contribution is -0.00692. The molecule has 1 aliphatic carbocycles. The topological polar surface area (TPSA) is 102 Å². The molecule has 5 rings (SSSR count). The van der Waals surface area contributed by atoms with Crippen molar-refractivity contribution >= 4 is 28.8 Å². The van der Waals surface area contributed by atoms with E-state index in [1.807, 2.05) is 48.9 Å². The third kappa shape index (κ3) is 5.08. The zero-order valence-corrected chi connectivity index (χ0v) is 21.8. The fourth-order valence-electron chi connectivity index (χ4n) is 5.31. The Hall–Kier alpha value is -3.43. The molecule has 0 unspecified atom stereocenters. The highest BCUT2D eigenvalue weighted by molar-refractivity contribution is 5.73. The Morgan fingerprint density at radius 2 is 1.89 bits per heavy atom. The first-order valence-corrected chi connectivity index (χ1v) is 12.9. The summed E-state index contributed by atoms with van der Waals surface area (Å²) < 4.78 is 9.42. The first-order valence-electron chi connectivity index (χ1n) is 12.9. The molecule has 0 spiro atoms. The standard InChI is InChI=1S/C26H36N8O2/c1-17-11-21(12-18(2)34(17)25(35)36-26(3,4)5)32-14-20(13-28-32)30-23-24-27-16-29-33(24)15-22(31-23)19-9-7-6-8-10-19/h9,13-18,21H,6-8,10-12H2,1-5H3,(H,30,31)/t17-,18+,21+. The number of nitrogens with zero attached hydrogens (tertiary/aromatic N) is 7. The van der Waals surface area contributed by atoms with Gasteiger partial charge in [0, 0.05) is 18.3 Å². The first kappa shape index (κ1) is 24.3. The minimum atomic E-state index is -0.509. The summed E-state index contributed by atoms with van der Waals surface area (Å²) in [6.45, 7) is 9.85. The van der Waals surface area contributed by atoms with E-state index in [9.17, 15) is 4.79 Å². The second-order valence-corrected chi connectivity index (χ2v) is 11.0. The van der Waals surface area contributed by atoms with E-state index < -0.39 is 5.60 Å². The average Bonchev–Trinajstić information content (AvgIpc) is 3.47. The van der Waals surface area contributed by atoms with Crippen LogP contribution in [0, 0.1) is 0 Å². The summed E-state index contributed by atoms with van der Waals surface area (Å²) in [5.74, 6) is 0.664. The van der Waals surface area contributed by atoms with Crippen LogP contribution in [0.3, 0.4) is 0 Å². The summed E-state index contributed by atoms with van der Waals surface area (Å²) in [6, 6.07) is 0.280. The number of carbonyl (C=O) groups is 1. The van der Waals surface area contributed by atoms with Crippen LogP contribution in [0.4, 0.5) is 16.3 Å². The number of likely N-dealkylation sites (tertiary alicyclic amines) is 1. The van der Waals surface area contributed by atoms with Gasteiger partial charge in [-0.3, -0.25) is 4.68 Å². The number of piperidine rings is 1. The minimum Gasteiger partial charge on any atom is -0.444 e. The van der Waals surface area contributed by atoms with Gasteiger partial charge in [0.15, 0.2) is 11.5 Å². The van der Waals surface area contributed by atoms with Gasteiger partial charge in [0.1, 0.15) is 11.9 Å². The average molecular weight is 493 g/mol. The Labute approximate surface area is 211 Å². The molecule has 1 N–H and O–H groups in total. The van der Waals surface area contributed by atoms with Crippen molar-refractivity contribution in [1.82, 2.24) is 34.3 Å². The van der Waals surface area contributed by atoms with E-state index in [0.717, 1.165) is 37.1 Å². The predicted molar refractivity (Wildman–Crippen MR) is 138 cm³/mol. The molecule has 4 heterocycles. The molecule has 36 heavy (non-hydrogen) atoms. The van der Waals surface area contributed by atoms with Crippen LogP contribution < -0.4 is 5.32 Å². The van der Waals surface area contributed by atoms with Crippen molar-refractivity contribution in [2.24, 2.45) is 0 Å². The Morgan fingerprint density at radius 1 is 1.11 bits per heavy atom. The highest BCUT2D eigenvalue weighted by Gasteiger charge is 2.37. The smallest absolute Gasteiger partial charge is 0.410 e. The molecule has 2 aliphatic rings. The Balaban J connectivity index is 1.32. The van der Waals surface area contributed by atoms with E-state index in [1.54, 1.807) is 10.8 Å². The second-order valence-electron chi connectivity index (χ2n) is 11.0. The van der Waals surface area contributed by atoms with Crippen LogP contribution in [0.25, 0.3) is 11.2 Å². The number of ether oxygens (including phenoxy) is 1. The van der Waals surface area contributed by atoms with Crippen molar-refractivity contribution in [3.63, 3.8) is 0 Å². The number of nitrogens with one attached hydrogen (secondary N) is 1. The van der Waals surface area contributed by atoms with Crippen LogP contribution in [0.5, 0.6) is 0 Å². The summed E-state index contributed by atoms with van der Waals surface area (Å²) in [7, 11) is 0. The lowest BCUT2D eigenvalue weighted by Crippen LogP contribution is -2.51. The van der Waals surface area contributed by atoms with Gasteiger partial charge in [-0.2, -0.15) is 10.2 Å². The lowest BCUT2D eigenvalue weighted by atomic mass is 9.93. The maximum atomic E-state index is 12.8. The van der Waals surface area contributed by atoms with Gasteiger partial charge < -0.3 is 15.0 Å². The molecular formula is C26H36N8O2. The van der Waals surface area contributed by atoms with E-state index in [-0.39, 0.29) is 24.2 Å². The number of anilines is 2. The fraction of sp³-hybridized carbons (Fsp3) is 0.577. The van der Waals surface area contributed by atoms with Crippen LogP contribution in [0.2, 0.25) is 0 Å². The summed E-state index contributed by atoms with van der Waals surface area (Å²) in [4.78, 5) is 23.9. The van der Waals surface area contributed by atoms with Crippen molar-refractivity contribution in [3.8, 4) is 0 Å². The van der Waals surface area contributed by atoms with E-state index in [1.165, 1.54) is 18.4 Å². The summed E-state index contributed by atoms with van der Waals surface area (Å²) in [6.07, 6.45) is 15.5. The Kier molecular flexibility index (Phi) is 6.44. The Morgan fingerprint density at radius 3 is 2.58 bits per heavy atom. The molecule has 1 aliphatic heterocycles. The SMILES string of the molecule is C[C@@H]1C[C@H](n2cc(Nc3nc(C4=CCCCC4)cn4ncnc34)cn2)C[C@H](C)N1C(=O)OC(C)(C)C. The van der Waals surface area contributed by atoms with Gasteiger partial charge >= 0.3 is 6.09 Å². The fourth-order valence-corrected chi connectivity index (χ4v) is 5.31. The molecule has 0 aromatic carbocycles. The molecular weight excluding hydrogens is 456 g/mol. The number of fused-ring (bicyclic) bond motifs is 1. The van der Waals surface area contributed by atoms with E-state index in [2.05, 4.69) is 40.4 Å². The van der Waals surface area contributed by atoms with Gasteiger partial charge in [-0.15, -0.1) is 0 Å². The summed E-state index contributed by atoms with van der Waals surface area (Å²) in [5.41, 5.74) is 3.20. The third-order valence-corrected chi connectivity index (χ3v) is 6.90. The number of amides is 1. The van der Waals surface area contributed by atoms with Crippen molar-refractivity contribution in [1.29, 1.82) is 0 Å². The zero-order valence-electron chi connectivity index (χ0n) is 21.8. The molecule has 0 saturated carbocycles. The Bertz CT molecular complexity index is 1260. The van der Waals surface area contributed by atoms with Crippen molar-refractivity contribution in [3.05, 3.63) is 36.7 Å². The van der Waals surface area contributed by atoms with Crippen LogP contribution in [-0.2, 0) is 4.74 Å². The lowest BCUT2D eigenvalue weighted by Gasteiger charge is -2.42. The van der Waals surface area contributed by atoms with Crippen LogP contribution >= 0.6 is 0 Å². The maximum absolute atomic E-state index is 12.8. The molecule has 10 nitrogen and oxygen atoms in total. The number of aromatic nitrogens is 6. The van der Waals surface area contributed by atoms with Crippen molar-refractivity contribution < 1.29 is 9.53 Å². The molecule has 10 heteroatoms. The molecule has 192 valence electrons. The highest BCUT2D eigenvalue weighted by Crippen LogP contribution is 2.33. The van der Waals surface area contributed by atoms with Crippen molar-refractivity contribution in [2.75, 3.05) is 5.32 Å². The van der Waals surface area contributed by atoms with Crippen molar-refractivity contribution in [2.45, 2.75) is 96.9 Å². The van der Waals surface area contributed by atoms with Crippen LogP contribution in [0.1, 0.15) is 84.9 Å². The van der Waals surface area contributed by atoms with Gasteiger partial charge in [0.2, 0.25) is 0 Å². The van der Waals surface area contributed by atoms with Gasteiger partial charge in [-0.05, 0) is 78.7 Å². The van der Waals surface area contributed by atoms with Gasteiger partial charge in [-0.1, -0.05) is 6.08 Å². The maximum Gasteiger partial charge on any atom is 0.410 e. The molecule has 3 atom stereocenters. The monoisotopic (exact) mass is 492 g/mol. The number of allylic oxidation sites excluding steroid dienone is 2. The largest absolute Gasteiger partial charge is 0.444 e. The van der Waals surface area contributed by atoms with E-state index in [4.69, 9.17) is 9.72 Å². The van der Waals surface area contributed by atoms with Crippen LogP contribution in [0.15, 0.2) is 31.0 Å². The van der Waals surface area contributed by atoms with Gasteiger partial charge in [-0.25, -0.2) is 19.3 Å². The predicted octanol–water partition coefficient (Wildman–Crippen LogP) is 5.37. The van der Waals surface area contributed by atoms with Crippen LogP contribution in [-0.4, -0.2) is 58.0 Å². The minimum absolute atomic E-state index is 0.0481. The quantitative estimate of drug-likeness (QED) is 0.522. The number of carbonyl (C=O) groups excluding carboxylic acids is 1. The summed E-state index contributed by atoms with van der Waals surface area (Å²) >= 11 is 0. The third-order valence-electron chi connectivity index (χ3n) is 6.90. The van der Waals surface area contributed by atoms with E-state index in [0.29, 0.717) is 11.5 Å². The van der Waals surface area contributed by atoms with Gasteiger partial charge in [0.25, 0.3) is 0 Å². The first-order chi connectivity index (χ1) is 17.2. The zero-order chi connectivity index (χ0) is 25.4. The molecule has 0 bridgehead atoms. The molecule has 3 aromatic heterocycles. The van der Waals surface area contributed by atoms with Gasteiger partial charge in [0.05, 0.1) is 29.8 Å². The van der Waals surface area contributed by atoms with E-state index >= 15 is 0 Å². The molecule has 0 radical (unpaired) electrons. The highest BCUT2D eigenvalue weighted by atomic mass is 16.6. The molecule has 1 fully saturated rings. The molecule has 3 aromatic rings. The number of rotatable bonds is 4. The second kappa shape index (κ2) is 9.55. The molecule has 1 saturated heterocycles.